The molecule has 1 saturated carbocycles. The van der Waals surface area contributed by atoms with Crippen molar-refractivity contribution in [2.45, 2.75) is 19.8 Å². The highest BCUT2D eigenvalue weighted by molar-refractivity contribution is 9.10. The van der Waals surface area contributed by atoms with E-state index in [9.17, 15) is 4.79 Å². The van der Waals surface area contributed by atoms with Gasteiger partial charge in [0.2, 0.25) is 5.91 Å². The number of carbonyl (C=O) groups is 1. The predicted octanol–water partition coefficient (Wildman–Crippen LogP) is 3.00. The first-order valence-corrected chi connectivity index (χ1v) is 5.85. The summed E-state index contributed by atoms with van der Waals surface area (Å²) in [6.45, 7) is 1.96. The van der Waals surface area contributed by atoms with E-state index in [-0.39, 0.29) is 5.91 Å². The van der Waals surface area contributed by atoms with Crippen molar-refractivity contribution >= 4 is 27.5 Å². The van der Waals surface area contributed by atoms with Gasteiger partial charge in [0.1, 0.15) is 5.41 Å². The Morgan fingerprint density at radius 2 is 2.25 bits per heavy atom. The van der Waals surface area contributed by atoms with Crippen molar-refractivity contribution in [2.75, 3.05) is 5.32 Å². The Labute approximate surface area is 103 Å². The lowest BCUT2D eigenvalue weighted by Gasteiger charge is -2.09. The highest BCUT2D eigenvalue weighted by atomic mass is 79.9. The van der Waals surface area contributed by atoms with Gasteiger partial charge in [0.05, 0.1) is 6.07 Å². The van der Waals surface area contributed by atoms with Gasteiger partial charge < -0.3 is 5.32 Å². The van der Waals surface area contributed by atoms with Crippen molar-refractivity contribution in [2.24, 2.45) is 5.41 Å². The fourth-order valence-corrected chi connectivity index (χ4v) is 1.73. The van der Waals surface area contributed by atoms with Crippen LogP contribution >= 0.6 is 15.9 Å². The molecular formula is C12H11BrN2O. The van der Waals surface area contributed by atoms with E-state index in [1.165, 1.54) is 0 Å². The molecule has 1 fully saturated rings. The molecule has 0 aromatic heterocycles. The second-order valence-corrected chi connectivity index (χ2v) is 4.97. The summed E-state index contributed by atoms with van der Waals surface area (Å²) in [5.41, 5.74) is 1.04. The minimum Gasteiger partial charge on any atom is -0.325 e. The van der Waals surface area contributed by atoms with Crippen molar-refractivity contribution in [3.63, 3.8) is 0 Å². The molecule has 0 aliphatic heterocycles. The van der Waals surface area contributed by atoms with E-state index in [2.05, 4.69) is 27.3 Å². The van der Waals surface area contributed by atoms with Gasteiger partial charge in [0.15, 0.2) is 0 Å². The second-order valence-electron chi connectivity index (χ2n) is 4.11. The number of carbonyl (C=O) groups excluding carboxylic acids is 1. The van der Waals surface area contributed by atoms with Crippen molar-refractivity contribution in [3.05, 3.63) is 28.2 Å². The summed E-state index contributed by atoms with van der Waals surface area (Å²) in [7, 11) is 0. The van der Waals surface area contributed by atoms with Crippen LogP contribution in [0.1, 0.15) is 18.4 Å². The van der Waals surface area contributed by atoms with E-state index in [1.54, 1.807) is 0 Å². The van der Waals surface area contributed by atoms with Crippen molar-refractivity contribution in [1.82, 2.24) is 0 Å². The third-order valence-electron chi connectivity index (χ3n) is 2.81. The molecule has 0 radical (unpaired) electrons. The summed E-state index contributed by atoms with van der Waals surface area (Å²) in [6.07, 6.45) is 1.34. The summed E-state index contributed by atoms with van der Waals surface area (Å²) in [6, 6.07) is 7.67. The fraction of sp³-hybridized carbons (Fsp3) is 0.333. The molecule has 3 nitrogen and oxygen atoms in total. The highest BCUT2D eigenvalue weighted by Gasteiger charge is 2.50. The number of amides is 1. The number of nitrogens with zero attached hydrogens (tertiary/aromatic N) is 1. The second kappa shape index (κ2) is 3.91. The minimum absolute atomic E-state index is 0.184. The van der Waals surface area contributed by atoms with Gasteiger partial charge in [0.25, 0.3) is 0 Å². The lowest BCUT2D eigenvalue weighted by Crippen LogP contribution is -2.22. The Bertz CT molecular complexity index is 486. The van der Waals surface area contributed by atoms with Crippen LogP contribution in [0.3, 0.4) is 0 Å². The van der Waals surface area contributed by atoms with Gasteiger partial charge in [-0.1, -0.05) is 15.9 Å². The van der Waals surface area contributed by atoms with Crippen LogP contribution in [0.25, 0.3) is 0 Å². The first-order chi connectivity index (χ1) is 7.57. The highest BCUT2D eigenvalue weighted by Crippen LogP contribution is 2.45. The zero-order chi connectivity index (χ0) is 11.8. The minimum atomic E-state index is -0.763. The van der Waals surface area contributed by atoms with E-state index >= 15 is 0 Å². The molecule has 0 unspecified atom stereocenters. The Balaban J connectivity index is 2.13. The van der Waals surface area contributed by atoms with E-state index in [4.69, 9.17) is 5.26 Å². The van der Waals surface area contributed by atoms with Crippen LogP contribution in [-0.2, 0) is 4.79 Å². The van der Waals surface area contributed by atoms with Gasteiger partial charge in [-0.15, -0.1) is 0 Å². The molecule has 0 heterocycles. The maximum Gasteiger partial charge on any atom is 0.244 e. The molecule has 0 saturated heterocycles. The quantitative estimate of drug-likeness (QED) is 0.904. The number of halogens is 1. The lowest BCUT2D eigenvalue weighted by molar-refractivity contribution is -0.119. The van der Waals surface area contributed by atoms with Crippen LogP contribution in [0.2, 0.25) is 0 Å². The summed E-state index contributed by atoms with van der Waals surface area (Å²) in [4.78, 5) is 11.8. The topological polar surface area (TPSA) is 52.9 Å². The Morgan fingerprint density at radius 1 is 1.56 bits per heavy atom. The van der Waals surface area contributed by atoms with E-state index < -0.39 is 5.41 Å². The molecule has 16 heavy (non-hydrogen) atoms. The number of anilines is 1. The Morgan fingerprint density at radius 3 is 2.75 bits per heavy atom. The summed E-state index contributed by atoms with van der Waals surface area (Å²) < 4.78 is 1.01. The van der Waals surface area contributed by atoms with Crippen LogP contribution in [0.4, 0.5) is 5.69 Å². The Kier molecular flexibility index (Phi) is 2.73. The first kappa shape index (κ1) is 11.2. The monoisotopic (exact) mass is 278 g/mol. The zero-order valence-corrected chi connectivity index (χ0v) is 10.5. The average Bonchev–Trinajstić information content (AvgIpc) is 3.04. The fourth-order valence-electron chi connectivity index (χ4n) is 1.49. The molecule has 0 bridgehead atoms. The molecule has 0 atom stereocenters. The molecule has 1 N–H and O–H groups in total. The maximum absolute atomic E-state index is 11.8. The molecule has 2 rings (SSSR count). The molecule has 1 aliphatic rings. The normalized spacial score (nSPS) is 16.3. The van der Waals surface area contributed by atoms with Gasteiger partial charge in [-0.2, -0.15) is 5.26 Å². The van der Waals surface area contributed by atoms with Crippen LogP contribution in [0, 0.1) is 23.7 Å². The molecule has 82 valence electrons. The van der Waals surface area contributed by atoms with Crippen LogP contribution < -0.4 is 5.32 Å². The number of hydrogen-bond acceptors (Lipinski definition) is 2. The third-order valence-corrected chi connectivity index (χ3v) is 3.70. The van der Waals surface area contributed by atoms with Crippen LogP contribution in [0.5, 0.6) is 0 Å². The van der Waals surface area contributed by atoms with E-state index in [0.29, 0.717) is 12.8 Å². The third kappa shape index (κ3) is 1.96. The van der Waals surface area contributed by atoms with Crippen molar-refractivity contribution in [1.29, 1.82) is 5.26 Å². The lowest BCUT2D eigenvalue weighted by atomic mass is 10.1. The molecule has 1 aromatic rings. The summed E-state index contributed by atoms with van der Waals surface area (Å²) in [5.74, 6) is -0.184. The van der Waals surface area contributed by atoms with E-state index in [0.717, 1.165) is 15.7 Å². The smallest absolute Gasteiger partial charge is 0.244 e. The first-order valence-electron chi connectivity index (χ1n) is 5.06. The molecule has 0 spiro atoms. The van der Waals surface area contributed by atoms with Gasteiger partial charge in [0, 0.05) is 10.2 Å². The standard InChI is InChI=1S/C12H11BrN2O/c1-8-6-9(2-3-10(8)13)15-11(16)12(7-14)4-5-12/h2-3,6H,4-5H2,1H3,(H,15,16). The zero-order valence-electron chi connectivity index (χ0n) is 8.88. The number of benzene rings is 1. The summed E-state index contributed by atoms with van der Waals surface area (Å²) in [5, 5.41) is 11.7. The summed E-state index contributed by atoms with van der Waals surface area (Å²) >= 11 is 3.40. The molecule has 1 aromatic carbocycles. The van der Waals surface area contributed by atoms with Crippen LogP contribution in [0.15, 0.2) is 22.7 Å². The Hall–Kier alpha value is -1.34. The number of nitriles is 1. The van der Waals surface area contributed by atoms with Crippen molar-refractivity contribution in [3.8, 4) is 6.07 Å². The maximum atomic E-state index is 11.8. The molecule has 4 heteroatoms. The van der Waals surface area contributed by atoms with Crippen LogP contribution in [-0.4, -0.2) is 5.91 Å². The predicted molar refractivity (Wildman–Crippen MR) is 64.8 cm³/mol. The largest absolute Gasteiger partial charge is 0.325 e. The van der Waals surface area contributed by atoms with E-state index in [1.807, 2.05) is 25.1 Å². The number of hydrogen-bond donors (Lipinski definition) is 1. The van der Waals surface area contributed by atoms with Gasteiger partial charge in [-0.05, 0) is 43.5 Å². The number of rotatable bonds is 2. The van der Waals surface area contributed by atoms with Gasteiger partial charge >= 0.3 is 0 Å². The van der Waals surface area contributed by atoms with Crippen molar-refractivity contribution < 1.29 is 4.79 Å². The van der Waals surface area contributed by atoms with Gasteiger partial charge in [-0.25, -0.2) is 0 Å². The SMILES string of the molecule is Cc1cc(NC(=O)C2(C#N)CC2)ccc1Br. The number of nitrogens with one attached hydrogen (secondary N) is 1. The average molecular weight is 279 g/mol. The number of aryl methyl sites for hydroxylation is 1. The molecular weight excluding hydrogens is 268 g/mol. The van der Waals surface area contributed by atoms with Gasteiger partial charge in [-0.3, -0.25) is 4.79 Å². The molecule has 1 amide bonds. The molecule has 1 aliphatic carbocycles.